The van der Waals surface area contributed by atoms with Crippen molar-refractivity contribution in [1.82, 2.24) is 4.90 Å². The molecule has 0 spiro atoms. The quantitative estimate of drug-likeness (QED) is 0.318. The summed E-state index contributed by atoms with van der Waals surface area (Å²) in [6.07, 6.45) is 29.5. The summed E-state index contributed by atoms with van der Waals surface area (Å²) in [6, 6.07) is 0. The van der Waals surface area contributed by atoms with Crippen LogP contribution >= 0.6 is 0 Å². The Bertz CT molecular complexity index is 473. The van der Waals surface area contributed by atoms with Gasteiger partial charge in [-0.25, -0.2) is 0 Å². The number of amides is 1. The van der Waals surface area contributed by atoms with Crippen LogP contribution < -0.4 is 5.73 Å². The topological polar surface area (TPSA) is 46.3 Å². The van der Waals surface area contributed by atoms with Crippen LogP contribution in [0.3, 0.4) is 0 Å². The van der Waals surface area contributed by atoms with Crippen LogP contribution in [0.2, 0.25) is 0 Å². The smallest absolute Gasteiger partial charge is 0.222 e. The molecule has 0 atom stereocenters. The first-order valence-corrected chi connectivity index (χ1v) is 9.91. The number of carbonyl (C=O) groups is 1. The Balaban J connectivity index is 3.57. The average Bonchev–Trinajstić information content (AvgIpc) is 2.64. The zero-order valence-electron chi connectivity index (χ0n) is 16.8. The fourth-order valence-electron chi connectivity index (χ4n) is 2.25. The molecule has 0 unspecified atom stereocenters. The zero-order valence-corrected chi connectivity index (χ0v) is 16.8. The van der Waals surface area contributed by atoms with Crippen molar-refractivity contribution >= 4 is 5.91 Å². The first-order chi connectivity index (χ1) is 12.7. The maximum atomic E-state index is 11.7. The van der Waals surface area contributed by atoms with E-state index in [1.54, 1.807) is 4.90 Å². The number of nitrogens with zero attached hydrogens (tertiary/aromatic N) is 1. The van der Waals surface area contributed by atoms with Crippen LogP contribution in [0.1, 0.15) is 58.3 Å². The Kier molecular flexibility index (Phi) is 18.1. The zero-order chi connectivity index (χ0) is 19.3. The van der Waals surface area contributed by atoms with Crippen molar-refractivity contribution in [2.75, 3.05) is 20.1 Å². The molecule has 0 saturated heterocycles. The van der Waals surface area contributed by atoms with Gasteiger partial charge in [0, 0.05) is 26.6 Å². The van der Waals surface area contributed by atoms with Crippen molar-refractivity contribution in [3.63, 3.8) is 0 Å². The third-order valence-electron chi connectivity index (χ3n) is 3.81. The van der Waals surface area contributed by atoms with E-state index in [-0.39, 0.29) is 5.91 Å². The lowest BCUT2D eigenvalue weighted by atomic mass is 10.2. The van der Waals surface area contributed by atoms with Crippen molar-refractivity contribution in [3.8, 4) is 0 Å². The third kappa shape index (κ3) is 17.0. The number of carbonyl (C=O) groups excluding carboxylic acids is 1. The van der Waals surface area contributed by atoms with Crippen molar-refractivity contribution in [2.45, 2.75) is 58.3 Å². The van der Waals surface area contributed by atoms with E-state index < -0.39 is 0 Å². The molecule has 0 fully saturated rings. The molecule has 3 heteroatoms. The number of likely N-dealkylation sites (N-methyl/N-ethyl adjacent to an activating group) is 1. The van der Waals surface area contributed by atoms with Crippen LogP contribution in [-0.2, 0) is 4.79 Å². The number of unbranched alkanes of at least 4 members (excludes halogenated alkanes) is 1. The third-order valence-corrected chi connectivity index (χ3v) is 3.81. The van der Waals surface area contributed by atoms with E-state index in [1.807, 2.05) is 7.05 Å². The Morgan fingerprint density at radius 1 is 0.808 bits per heavy atom. The monoisotopic (exact) mass is 358 g/mol. The second kappa shape index (κ2) is 19.5. The van der Waals surface area contributed by atoms with Crippen molar-refractivity contribution in [1.29, 1.82) is 0 Å². The second-order valence-corrected chi connectivity index (χ2v) is 6.20. The molecule has 0 rings (SSSR count). The highest BCUT2D eigenvalue weighted by molar-refractivity contribution is 5.75. The van der Waals surface area contributed by atoms with E-state index in [0.29, 0.717) is 19.5 Å². The molecule has 0 aliphatic carbocycles. The van der Waals surface area contributed by atoms with Gasteiger partial charge < -0.3 is 10.6 Å². The number of rotatable bonds is 15. The fourth-order valence-corrected chi connectivity index (χ4v) is 2.25. The molecular formula is C23H38N2O. The molecule has 1 amide bonds. The Hall–Kier alpha value is -1.87. The minimum atomic E-state index is 0.183. The highest BCUT2D eigenvalue weighted by Gasteiger charge is 2.05. The Morgan fingerprint density at radius 3 is 1.73 bits per heavy atom. The maximum absolute atomic E-state index is 11.7. The SMILES string of the molecule is CC/C=C\C/C=C\C/C=C\C/C=C\C/C=C\CCCC(=O)N(C)CCN. The predicted molar refractivity (Wildman–Crippen MR) is 115 cm³/mol. The second-order valence-electron chi connectivity index (χ2n) is 6.20. The predicted octanol–water partition coefficient (Wildman–Crippen LogP) is 5.33. The van der Waals surface area contributed by atoms with Gasteiger partial charge in [0.15, 0.2) is 0 Å². The first kappa shape index (κ1) is 24.1. The highest BCUT2D eigenvalue weighted by atomic mass is 16.2. The van der Waals surface area contributed by atoms with Crippen LogP contribution in [0.15, 0.2) is 60.8 Å². The van der Waals surface area contributed by atoms with Crippen LogP contribution in [0.4, 0.5) is 0 Å². The summed E-state index contributed by atoms with van der Waals surface area (Å²) < 4.78 is 0. The van der Waals surface area contributed by atoms with Gasteiger partial charge in [0.1, 0.15) is 0 Å². The molecule has 0 aromatic heterocycles. The van der Waals surface area contributed by atoms with E-state index in [2.05, 4.69) is 67.7 Å². The van der Waals surface area contributed by atoms with E-state index in [9.17, 15) is 4.79 Å². The van der Waals surface area contributed by atoms with Crippen molar-refractivity contribution in [3.05, 3.63) is 60.8 Å². The molecule has 26 heavy (non-hydrogen) atoms. The van der Waals surface area contributed by atoms with Gasteiger partial charge in [0.2, 0.25) is 5.91 Å². The average molecular weight is 359 g/mol. The van der Waals surface area contributed by atoms with Gasteiger partial charge >= 0.3 is 0 Å². The molecule has 0 radical (unpaired) electrons. The van der Waals surface area contributed by atoms with E-state index in [1.165, 1.54) is 0 Å². The summed E-state index contributed by atoms with van der Waals surface area (Å²) in [5, 5.41) is 0. The van der Waals surface area contributed by atoms with Crippen molar-refractivity contribution < 1.29 is 4.79 Å². The maximum Gasteiger partial charge on any atom is 0.222 e. The number of allylic oxidation sites excluding steroid dienone is 10. The first-order valence-electron chi connectivity index (χ1n) is 9.91. The van der Waals surface area contributed by atoms with Gasteiger partial charge in [-0.05, 0) is 44.9 Å². The molecule has 146 valence electrons. The normalized spacial score (nSPS) is 12.6. The number of hydrogen-bond donors (Lipinski definition) is 1. The molecule has 0 aliphatic heterocycles. The lowest BCUT2D eigenvalue weighted by Crippen LogP contribution is -2.31. The molecule has 3 nitrogen and oxygen atoms in total. The van der Waals surface area contributed by atoms with Gasteiger partial charge in [-0.3, -0.25) is 4.79 Å². The molecule has 0 aromatic carbocycles. The van der Waals surface area contributed by atoms with Crippen LogP contribution in [0, 0.1) is 0 Å². The van der Waals surface area contributed by atoms with E-state index in [4.69, 9.17) is 5.73 Å². The highest BCUT2D eigenvalue weighted by Crippen LogP contribution is 2.01. The lowest BCUT2D eigenvalue weighted by molar-refractivity contribution is -0.129. The molecule has 0 aliphatic rings. The molecule has 0 bridgehead atoms. The summed E-state index contributed by atoms with van der Waals surface area (Å²) in [4.78, 5) is 13.4. The van der Waals surface area contributed by atoms with E-state index in [0.717, 1.165) is 44.9 Å². The molecule has 0 aromatic rings. The molecule has 0 heterocycles. The summed E-state index contributed by atoms with van der Waals surface area (Å²) in [6.45, 7) is 3.32. The van der Waals surface area contributed by atoms with Gasteiger partial charge in [0.05, 0.1) is 0 Å². The minimum absolute atomic E-state index is 0.183. The fraction of sp³-hybridized carbons (Fsp3) is 0.522. The lowest BCUT2D eigenvalue weighted by Gasteiger charge is -2.15. The summed E-state index contributed by atoms with van der Waals surface area (Å²) >= 11 is 0. The molecule has 2 N–H and O–H groups in total. The summed E-state index contributed by atoms with van der Waals surface area (Å²) in [7, 11) is 1.81. The van der Waals surface area contributed by atoms with Gasteiger partial charge in [-0.2, -0.15) is 0 Å². The summed E-state index contributed by atoms with van der Waals surface area (Å²) in [5.41, 5.74) is 5.44. The van der Waals surface area contributed by atoms with Crippen LogP contribution in [0.5, 0.6) is 0 Å². The molecular weight excluding hydrogens is 320 g/mol. The van der Waals surface area contributed by atoms with Crippen LogP contribution in [-0.4, -0.2) is 30.9 Å². The van der Waals surface area contributed by atoms with Gasteiger partial charge in [0.25, 0.3) is 0 Å². The standard InChI is InChI=1S/C23H38N2O/c1-3-4-5-6-7-8-9-10-11-12-13-14-15-16-17-18-19-20-23(26)25(2)22-21-24/h4-5,7-8,10-11,13-14,16-17H,3,6,9,12,15,18-22,24H2,1-2H3/b5-4-,8-7-,11-10-,14-13-,17-16-. The number of nitrogens with two attached hydrogens (primary N) is 1. The van der Waals surface area contributed by atoms with E-state index >= 15 is 0 Å². The molecule has 0 saturated carbocycles. The number of hydrogen-bond acceptors (Lipinski definition) is 2. The van der Waals surface area contributed by atoms with Gasteiger partial charge in [-0.15, -0.1) is 0 Å². The van der Waals surface area contributed by atoms with Crippen LogP contribution in [0.25, 0.3) is 0 Å². The van der Waals surface area contributed by atoms with Gasteiger partial charge in [-0.1, -0.05) is 67.7 Å². The summed E-state index contributed by atoms with van der Waals surface area (Å²) in [5.74, 6) is 0.183. The Morgan fingerprint density at radius 2 is 1.27 bits per heavy atom. The largest absolute Gasteiger partial charge is 0.344 e. The van der Waals surface area contributed by atoms with Crippen molar-refractivity contribution in [2.24, 2.45) is 5.73 Å². The Labute approximate surface area is 161 Å². The minimum Gasteiger partial charge on any atom is -0.344 e.